The Morgan fingerprint density at radius 2 is 1.55 bits per heavy atom. The highest BCUT2D eigenvalue weighted by Crippen LogP contribution is 2.12. The van der Waals surface area contributed by atoms with Gasteiger partial charge in [-0.1, -0.05) is 32.1 Å². The highest BCUT2D eigenvalue weighted by Gasteiger charge is 2.20. The molecule has 0 saturated carbocycles. The molecule has 0 spiro atoms. The maximum absolute atomic E-state index is 10.9. The average molecular weight is 429 g/mol. The van der Waals surface area contributed by atoms with Crippen LogP contribution in [-0.2, 0) is 9.53 Å². The van der Waals surface area contributed by atoms with Crippen LogP contribution < -0.4 is 24.0 Å². The van der Waals surface area contributed by atoms with Crippen molar-refractivity contribution < 1.29 is 43.1 Å². The van der Waals surface area contributed by atoms with Gasteiger partial charge in [0.1, 0.15) is 12.6 Å². The Kier molecular flexibility index (Phi) is 16.3. The van der Waals surface area contributed by atoms with E-state index in [1.54, 1.807) is 0 Å². The number of rotatable bonds is 13. The van der Waals surface area contributed by atoms with Crippen LogP contribution in [0.15, 0.2) is 0 Å². The molecule has 0 amide bonds. The van der Waals surface area contributed by atoms with Gasteiger partial charge < -0.3 is 38.3 Å². The van der Waals surface area contributed by atoms with Crippen LogP contribution in [0.2, 0.25) is 0 Å². The number of likely N-dealkylation sites (N-methyl/N-ethyl adjacent to an activating group) is 1. The van der Waals surface area contributed by atoms with Crippen molar-refractivity contribution in [3.8, 4) is 0 Å². The number of hydrogen-bond acceptors (Lipinski definition) is 3. The van der Waals surface area contributed by atoms with Gasteiger partial charge in [-0.25, -0.2) is 0 Å². The number of carbonyl (C=O) groups is 1. The number of aliphatic hydroxyl groups excluding tert-OH is 1. The third-order valence-electron chi connectivity index (χ3n) is 4.57. The molecule has 0 aromatic carbocycles. The number of unbranched alkanes of at least 4 members (excludes halogenated alkanes) is 5. The zero-order chi connectivity index (χ0) is 16.1. The number of esters is 1. The van der Waals surface area contributed by atoms with Gasteiger partial charge in [-0.15, -0.1) is 0 Å². The van der Waals surface area contributed by atoms with Crippen LogP contribution in [0.1, 0.15) is 65.2 Å². The number of halogens is 1. The van der Waals surface area contributed by atoms with Crippen LogP contribution in [0.3, 0.4) is 0 Å². The van der Waals surface area contributed by atoms with Crippen molar-refractivity contribution in [1.29, 1.82) is 0 Å². The molecule has 1 unspecified atom stereocenters. The third-order valence-corrected chi connectivity index (χ3v) is 4.57. The van der Waals surface area contributed by atoms with Gasteiger partial charge in [-0.3, -0.25) is 4.79 Å². The van der Waals surface area contributed by atoms with E-state index >= 15 is 0 Å². The predicted octanol–water partition coefficient (Wildman–Crippen LogP) is 0.132. The number of hydrogen-bond donors (Lipinski definition) is 1. The number of nitrogens with zero attached hydrogens (tertiary/aromatic N) is 1. The summed E-state index contributed by atoms with van der Waals surface area (Å²) in [4.78, 5) is 10.9. The Balaban J connectivity index is 0. The Hall–Kier alpha value is 0.120. The Morgan fingerprint density at radius 1 is 1.05 bits per heavy atom. The van der Waals surface area contributed by atoms with E-state index in [2.05, 4.69) is 25.6 Å². The fourth-order valence-corrected chi connectivity index (χ4v) is 2.54. The molecule has 0 aliphatic heterocycles. The van der Waals surface area contributed by atoms with Crippen LogP contribution in [0.25, 0.3) is 0 Å². The topological polar surface area (TPSA) is 46.5 Å². The molecule has 0 aliphatic carbocycles. The Labute approximate surface area is 154 Å². The lowest BCUT2D eigenvalue weighted by Gasteiger charge is -2.34. The van der Waals surface area contributed by atoms with Crippen LogP contribution >= 0.6 is 0 Å². The molecular weight excluding hydrogens is 393 g/mol. The first-order valence-electron chi connectivity index (χ1n) is 8.55. The zero-order valence-electron chi connectivity index (χ0n) is 14.9. The third kappa shape index (κ3) is 12.6. The largest absolute Gasteiger partial charge is 1.00 e. The van der Waals surface area contributed by atoms with E-state index in [0.29, 0.717) is 6.42 Å². The first-order chi connectivity index (χ1) is 9.97. The minimum Gasteiger partial charge on any atom is -1.00 e. The molecule has 0 saturated heterocycles. The molecule has 0 rings (SSSR count). The van der Waals surface area contributed by atoms with Crippen LogP contribution in [0.4, 0.5) is 0 Å². The summed E-state index contributed by atoms with van der Waals surface area (Å²) in [6, 6.07) is 0. The molecule has 0 heterocycles. The summed E-state index contributed by atoms with van der Waals surface area (Å²) in [6.45, 7) is 7.39. The summed E-state index contributed by atoms with van der Waals surface area (Å²) in [7, 11) is 3.65. The summed E-state index contributed by atoms with van der Waals surface area (Å²) < 4.78 is 5.56. The van der Waals surface area contributed by atoms with E-state index in [1.807, 2.05) is 0 Å². The molecule has 0 aliphatic rings. The lowest BCUT2D eigenvalue weighted by molar-refractivity contribution is -0.909. The fraction of sp³-hybridized carbons (Fsp3) is 0.941. The predicted molar refractivity (Wildman–Crippen MR) is 87.1 cm³/mol. The first kappa shape index (κ1) is 24.4. The van der Waals surface area contributed by atoms with Crippen molar-refractivity contribution in [1.82, 2.24) is 0 Å². The Morgan fingerprint density at radius 3 is 2.05 bits per heavy atom. The molecule has 5 heteroatoms. The standard InChI is InChI=1S/C17H36NO3.HI/c1-5-18(3,6-2)15-16(19)13-11-9-7-8-10-12-14-17(20)21-4;/h16,19H,5-15H2,1-4H3;1H/q+1;/p-1. The molecule has 4 nitrogen and oxygen atoms in total. The van der Waals surface area contributed by atoms with E-state index in [9.17, 15) is 9.90 Å². The second-order valence-electron chi connectivity index (χ2n) is 6.32. The lowest BCUT2D eigenvalue weighted by atomic mass is 10.1. The van der Waals surface area contributed by atoms with Crippen LogP contribution in [0, 0.1) is 0 Å². The molecule has 0 fully saturated rings. The highest BCUT2D eigenvalue weighted by atomic mass is 127. The molecule has 22 heavy (non-hydrogen) atoms. The minimum atomic E-state index is -0.172. The van der Waals surface area contributed by atoms with Crippen molar-refractivity contribution in [2.45, 2.75) is 71.3 Å². The van der Waals surface area contributed by atoms with Crippen molar-refractivity contribution in [3.05, 3.63) is 0 Å². The second kappa shape index (κ2) is 14.7. The van der Waals surface area contributed by atoms with Gasteiger partial charge in [0.05, 0.1) is 27.2 Å². The van der Waals surface area contributed by atoms with Gasteiger partial charge in [0.2, 0.25) is 0 Å². The van der Waals surface area contributed by atoms with Gasteiger partial charge in [-0.05, 0) is 26.7 Å². The quantitative estimate of drug-likeness (QED) is 0.196. The maximum atomic E-state index is 10.9. The fourth-order valence-electron chi connectivity index (χ4n) is 2.54. The average Bonchev–Trinajstić information content (AvgIpc) is 2.49. The molecule has 0 radical (unpaired) electrons. The summed E-state index contributed by atoms with van der Waals surface area (Å²) in [5.74, 6) is -0.105. The second-order valence-corrected chi connectivity index (χ2v) is 6.32. The van der Waals surface area contributed by atoms with Crippen molar-refractivity contribution in [2.75, 3.05) is 33.8 Å². The maximum Gasteiger partial charge on any atom is 0.305 e. The molecule has 134 valence electrons. The normalized spacial score (nSPS) is 12.6. The number of methoxy groups -OCH3 is 1. The number of quaternary nitrogens is 1. The SMILES string of the molecule is CC[N+](C)(CC)CC(O)CCCCCCCCC(=O)OC.[I-]. The molecule has 0 bridgehead atoms. The van der Waals surface area contributed by atoms with Gasteiger partial charge in [-0.2, -0.15) is 0 Å². The summed E-state index contributed by atoms with van der Waals surface area (Å²) in [5.41, 5.74) is 0. The van der Waals surface area contributed by atoms with Gasteiger partial charge >= 0.3 is 5.97 Å². The van der Waals surface area contributed by atoms with E-state index in [1.165, 1.54) is 26.4 Å². The van der Waals surface area contributed by atoms with Gasteiger partial charge in [0, 0.05) is 6.42 Å². The summed E-state index contributed by atoms with van der Waals surface area (Å²) in [5, 5.41) is 10.1. The van der Waals surface area contributed by atoms with E-state index in [-0.39, 0.29) is 36.0 Å². The number of ether oxygens (including phenoxy) is 1. The van der Waals surface area contributed by atoms with Crippen molar-refractivity contribution in [2.24, 2.45) is 0 Å². The minimum absolute atomic E-state index is 0. The monoisotopic (exact) mass is 429 g/mol. The number of carbonyl (C=O) groups excluding carboxylic acids is 1. The zero-order valence-corrected chi connectivity index (χ0v) is 17.1. The summed E-state index contributed by atoms with van der Waals surface area (Å²) >= 11 is 0. The van der Waals surface area contributed by atoms with E-state index < -0.39 is 0 Å². The molecule has 1 atom stereocenters. The molecular formula is C17H36INO3. The van der Waals surface area contributed by atoms with E-state index in [0.717, 1.165) is 49.8 Å². The summed E-state index contributed by atoms with van der Waals surface area (Å²) in [6.07, 6.45) is 7.95. The molecule has 0 aromatic heterocycles. The van der Waals surface area contributed by atoms with Gasteiger partial charge in [0.15, 0.2) is 0 Å². The van der Waals surface area contributed by atoms with Crippen molar-refractivity contribution in [3.63, 3.8) is 0 Å². The van der Waals surface area contributed by atoms with Gasteiger partial charge in [0.25, 0.3) is 0 Å². The highest BCUT2D eigenvalue weighted by molar-refractivity contribution is 5.68. The van der Waals surface area contributed by atoms with Crippen LogP contribution in [-0.4, -0.2) is 55.5 Å². The van der Waals surface area contributed by atoms with Crippen molar-refractivity contribution >= 4 is 5.97 Å². The smallest absolute Gasteiger partial charge is 0.305 e. The Bertz CT molecular complexity index is 271. The first-order valence-corrected chi connectivity index (χ1v) is 8.55. The molecule has 0 aromatic rings. The lowest BCUT2D eigenvalue weighted by Crippen LogP contribution is -3.00. The number of aliphatic hydroxyl groups is 1. The van der Waals surface area contributed by atoms with E-state index in [4.69, 9.17) is 0 Å². The molecule has 1 N–H and O–H groups in total. The van der Waals surface area contributed by atoms with Crippen LogP contribution in [0.5, 0.6) is 0 Å².